The van der Waals surface area contributed by atoms with E-state index in [1.54, 1.807) is 11.3 Å². The molecule has 6 nitrogen and oxygen atoms in total. The van der Waals surface area contributed by atoms with Crippen LogP contribution in [0.5, 0.6) is 0 Å². The lowest BCUT2D eigenvalue weighted by Crippen LogP contribution is -2.22. The predicted octanol–water partition coefficient (Wildman–Crippen LogP) is 3.17. The molecule has 1 aromatic carbocycles. The summed E-state index contributed by atoms with van der Waals surface area (Å²) in [4.78, 5) is 13.7. The first-order valence-electron chi connectivity index (χ1n) is 7.92. The first-order chi connectivity index (χ1) is 11.7. The van der Waals surface area contributed by atoms with Gasteiger partial charge in [-0.05, 0) is 40.6 Å². The van der Waals surface area contributed by atoms with Gasteiger partial charge in [0, 0.05) is 16.6 Å². The number of thiophene rings is 1. The second kappa shape index (κ2) is 7.35. The molecule has 1 amide bonds. The van der Waals surface area contributed by atoms with Crippen LogP contribution in [0.15, 0.2) is 35.0 Å². The molecule has 0 spiro atoms. The van der Waals surface area contributed by atoms with Gasteiger partial charge in [-0.2, -0.15) is 16.1 Å². The number of nitrogens with zero attached hydrogens (tertiary/aromatic N) is 4. The van der Waals surface area contributed by atoms with Gasteiger partial charge in [0.2, 0.25) is 11.7 Å². The summed E-state index contributed by atoms with van der Waals surface area (Å²) in [5.74, 6) is 0.382. The minimum absolute atomic E-state index is 0.0400. The summed E-state index contributed by atoms with van der Waals surface area (Å²) in [6.45, 7) is 4.20. The maximum atomic E-state index is 12.4. The summed E-state index contributed by atoms with van der Waals surface area (Å²) in [5, 5.41) is 19.1. The Kier molecular flexibility index (Phi) is 5.00. The fourth-order valence-electron chi connectivity index (χ4n) is 2.53. The number of anilines is 1. The maximum Gasteiger partial charge on any atom is 0.248 e. The molecule has 3 aromatic rings. The molecule has 0 fully saturated rings. The van der Waals surface area contributed by atoms with Crippen molar-refractivity contribution in [3.8, 4) is 11.4 Å². The smallest absolute Gasteiger partial charge is 0.248 e. The Morgan fingerprint density at radius 1 is 1.21 bits per heavy atom. The molecule has 24 heavy (non-hydrogen) atoms. The van der Waals surface area contributed by atoms with Crippen LogP contribution in [0.2, 0.25) is 0 Å². The Hall–Kier alpha value is -2.54. The molecule has 0 aliphatic carbocycles. The molecule has 3 rings (SSSR count). The summed E-state index contributed by atoms with van der Waals surface area (Å²) >= 11 is 1.57. The number of hydrogen-bond donors (Lipinski definition) is 1. The molecular weight excluding hydrogens is 322 g/mol. The van der Waals surface area contributed by atoms with E-state index >= 15 is 0 Å². The Morgan fingerprint density at radius 3 is 2.58 bits per heavy atom. The summed E-state index contributed by atoms with van der Waals surface area (Å²) < 4.78 is 0. The minimum atomic E-state index is -0.153. The Morgan fingerprint density at radius 2 is 1.96 bits per heavy atom. The zero-order valence-electron chi connectivity index (χ0n) is 13.7. The van der Waals surface area contributed by atoms with Gasteiger partial charge in [-0.15, -0.1) is 10.2 Å². The van der Waals surface area contributed by atoms with Crippen LogP contribution in [-0.4, -0.2) is 26.1 Å². The van der Waals surface area contributed by atoms with Crippen molar-refractivity contribution in [2.45, 2.75) is 33.2 Å². The Labute approximate surface area is 144 Å². The van der Waals surface area contributed by atoms with Crippen LogP contribution in [0.3, 0.4) is 0 Å². The quantitative estimate of drug-likeness (QED) is 0.747. The fraction of sp³-hybridized carbons (Fsp3) is 0.294. The average Bonchev–Trinajstić information content (AvgIpc) is 3.26. The number of aryl methyl sites for hydroxylation is 2. The highest BCUT2D eigenvalue weighted by molar-refractivity contribution is 7.08. The van der Waals surface area contributed by atoms with Crippen LogP contribution in [0.4, 0.5) is 5.69 Å². The van der Waals surface area contributed by atoms with Crippen molar-refractivity contribution in [2.75, 3.05) is 5.32 Å². The van der Waals surface area contributed by atoms with Gasteiger partial charge in [-0.1, -0.05) is 32.0 Å². The topological polar surface area (TPSA) is 72.7 Å². The number of carbonyl (C=O) groups is 1. The van der Waals surface area contributed by atoms with Crippen molar-refractivity contribution < 1.29 is 4.79 Å². The summed E-state index contributed by atoms with van der Waals surface area (Å²) in [6.07, 6.45) is 1.74. The molecule has 2 aromatic heterocycles. The first-order valence-corrected chi connectivity index (χ1v) is 8.86. The van der Waals surface area contributed by atoms with Crippen molar-refractivity contribution in [3.05, 3.63) is 46.2 Å². The lowest BCUT2D eigenvalue weighted by atomic mass is 10.0. The molecule has 7 heteroatoms. The zero-order chi connectivity index (χ0) is 16.9. The molecule has 0 saturated carbocycles. The van der Waals surface area contributed by atoms with Crippen molar-refractivity contribution in [1.82, 2.24) is 20.2 Å². The van der Waals surface area contributed by atoms with Gasteiger partial charge in [0.25, 0.3) is 0 Å². The van der Waals surface area contributed by atoms with Crippen LogP contribution >= 0.6 is 11.3 Å². The second-order valence-corrected chi connectivity index (χ2v) is 6.14. The number of nitrogens with one attached hydrogen (secondary N) is 1. The van der Waals surface area contributed by atoms with Crippen molar-refractivity contribution in [1.29, 1.82) is 0 Å². The molecule has 0 aliphatic heterocycles. The molecule has 124 valence electrons. The van der Waals surface area contributed by atoms with Crippen LogP contribution in [0.25, 0.3) is 11.4 Å². The van der Waals surface area contributed by atoms with Crippen LogP contribution < -0.4 is 5.32 Å². The van der Waals surface area contributed by atoms with Crippen molar-refractivity contribution in [3.63, 3.8) is 0 Å². The standard InChI is InChI=1S/C17H19N5OS/c1-3-12-6-5-7-13(4-2)16(12)18-15(23)10-22-20-17(19-21-22)14-8-9-24-11-14/h5-9,11H,3-4,10H2,1-2H3,(H,18,23). The summed E-state index contributed by atoms with van der Waals surface area (Å²) in [5.41, 5.74) is 4.09. The first kappa shape index (κ1) is 16.3. The number of aromatic nitrogens is 4. The number of amides is 1. The van der Waals surface area contributed by atoms with Gasteiger partial charge in [0.15, 0.2) is 0 Å². The molecule has 1 N–H and O–H groups in total. The van der Waals surface area contributed by atoms with Gasteiger partial charge in [0.05, 0.1) is 0 Å². The molecule has 0 radical (unpaired) electrons. The van der Waals surface area contributed by atoms with Crippen molar-refractivity contribution >= 4 is 22.9 Å². The second-order valence-electron chi connectivity index (χ2n) is 5.36. The van der Waals surface area contributed by atoms with E-state index in [0.29, 0.717) is 5.82 Å². The number of benzene rings is 1. The van der Waals surface area contributed by atoms with Crippen LogP contribution in [0, 0.1) is 0 Å². The SMILES string of the molecule is CCc1cccc(CC)c1NC(=O)Cn1nnc(-c2ccsc2)n1. The molecule has 0 aliphatic rings. The van der Waals surface area contributed by atoms with Crippen molar-refractivity contribution in [2.24, 2.45) is 0 Å². The lowest BCUT2D eigenvalue weighted by Gasteiger charge is -2.14. The van der Waals surface area contributed by atoms with Gasteiger partial charge in [-0.3, -0.25) is 4.79 Å². The number of rotatable bonds is 6. The van der Waals surface area contributed by atoms with Gasteiger partial charge in [-0.25, -0.2) is 0 Å². The summed E-state index contributed by atoms with van der Waals surface area (Å²) in [6, 6.07) is 8.03. The predicted molar refractivity (Wildman–Crippen MR) is 95.0 cm³/mol. The molecular formula is C17H19N5OS. The number of hydrogen-bond acceptors (Lipinski definition) is 5. The van der Waals surface area contributed by atoms with E-state index in [1.807, 2.05) is 35.0 Å². The normalized spacial score (nSPS) is 10.8. The van der Waals surface area contributed by atoms with Crippen LogP contribution in [0.1, 0.15) is 25.0 Å². The van der Waals surface area contributed by atoms with E-state index in [4.69, 9.17) is 0 Å². The van der Waals surface area contributed by atoms with E-state index < -0.39 is 0 Å². The third-order valence-electron chi connectivity index (χ3n) is 3.78. The highest BCUT2D eigenvalue weighted by Crippen LogP contribution is 2.22. The van der Waals surface area contributed by atoms with E-state index in [2.05, 4.69) is 34.6 Å². The number of tetrazole rings is 1. The molecule has 0 atom stereocenters. The largest absolute Gasteiger partial charge is 0.324 e. The summed E-state index contributed by atoms with van der Waals surface area (Å²) in [7, 11) is 0. The average molecular weight is 341 g/mol. The highest BCUT2D eigenvalue weighted by Gasteiger charge is 2.13. The fourth-order valence-corrected chi connectivity index (χ4v) is 3.16. The lowest BCUT2D eigenvalue weighted by molar-refractivity contribution is -0.117. The molecule has 0 unspecified atom stereocenters. The molecule has 0 saturated heterocycles. The molecule has 2 heterocycles. The van der Waals surface area contributed by atoms with E-state index in [9.17, 15) is 4.79 Å². The maximum absolute atomic E-state index is 12.4. The van der Waals surface area contributed by atoms with E-state index in [1.165, 1.54) is 4.80 Å². The zero-order valence-corrected chi connectivity index (χ0v) is 14.5. The van der Waals surface area contributed by atoms with Gasteiger partial charge < -0.3 is 5.32 Å². The third-order valence-corrected chi connectivity index (χ3v) is 4.46. The number of para-hydroxylation sites is 1. The minimum Gasteiger partial charge on any atom is -0.324 e. The van der Waals surface area contributed by atoms with Gasteiger partial charge >= 0.3 is 0 Å². The van der Waals surface area contributed by atoms with E-state index in [-0.39, 0.29) is 12.5 Å². The Balaban J connectivity index is 1.73. The van der Waals surface area contributed by atoms with E-state index in [0.717, 1.165) is 35.2 Å². The highest BCUT2D eigenvalue weighted by atomic mass is 32.1. The third kappa shape index (κ3) is 3.51. The number of carbonyl (C=O) groups excluding carboxylic acids is 1. The Bertz CT molecular complexity index is 803. The van der Waals surface area contributed by atoms with Crippen LogP contribution in [-0.2, 0) is 24.2 Å². The van der Waals surface area contributed by atoms with Gasteiger partial charge in [0.1, 0.15) is 6.54 Å². The molecule has 0 bridgehead atoms. The monoisotopic (exact) mass is 341 g/mol.